The van der Waals surface area contributed by atoms with E-state index in [0.29, 0.717) is 5.70 Å². The van der Waals surface area contributed by atoms with Crippen LogP contribution in [0.4, 0.5) is 0 Å². The minimum absolute atomic E-state index is 0.208. The van der Waals surface area contributed by atoms with Gasteiger partial charge < -0.3 is 0 Å². The second-order valence-corrected chi connectivity index (χ2v) is 2.75. The number of allylic oxidation sites excluding steroid dienone is 4. The molecule has 13 heavy (non-hydrogen) atoms. The van der Waals surface area contributed by atoms with Crippen LogP contribution >= 0.6 is 0 Å². The lowest BCUT2D eigenvalue weighted by molar-refractivity contribution is -0.116. The molecule has 0 spiro atoms. The van der Waals surface area contributed by atoms with Crippen LogP contribution in [0.25, 0.3) is 0 Å². The summed E-state index contributed by atoms with van der Waals surface area (Å²) in [6.45, 7) is 3.55. The van der Waals surface area contributed by atoms with Crippen LogP contribution in [0.2, 0.25) is 0 Å². The maximum atomic E-state index is 11.5. The molecule has 1 aliphatic carbocycles. The Kier molecular flexibility index (Phi) is 2.76. The molecule has 0 radical (unpaired) electrons. The van der Waals surface area contributed by atoms with Gasteiger partial charge in [0.05, 0.1) is 6.07 Å². The number of nitriles is 1. The zero-order chi connectivity index (χ0) is 9.84. The predicted octanol–water partition coefficient (Wildman–Crippen LogP) is 1.63. The summed E-state index contributed by atoms with van der Waals surface area (Å²) >= 11 is 0. The maximum Gasteiger partial charge on any atom is 0.202 e. The maximum absolute atomic E-state index is 11.5. The molecule has 0 amide bonds. The Labute approximate surface area is 77.1 Å². The van der Waals surface area contributed by atoms with E-state index in [-0.39, 0.29) is 5.78 Å². The molecule has 1 rings (SSSR count). The van der Waals surface area contributed by atoms with Crippen LogP contribution in [-0.4, -0.2) is 12.0 Å². The molecule has 66 valence electrons. The van der Waals surface area contributed by atoms with Crippen LogP contribution in [0.1, 0.15) is 13.8 Å². The van der Waals surface area contributed by atoms with Gasteiger partial charge in [0.2, 0.25) is 5.78 Å². The summed E-state index contributed by atoms with van der Waals surface area (Å²) in [5.74, 6) is -0.872. The van der Waals surface area contributed by atoms with Gasteiger partial charge in [0.1, 0.15) is 11.6 Å². The number of Topliss-reactive ketones (excluding diaryl/α,β-unsaturated/α-hetero) is 1. The van der Waals surface area contributed by atoms with E-state index < -0.39 is 5.92 Å². The molecule has 0 heterocycles. The molecule has 0 aromatic heterocycles. The number of hydrogen-bond acceptors (Lipinski definition) is 3. The first-order chi connectivity index (χ1) is 6.20. The van der Waals surface area contributed by atoms with Gasteiger partial charge in [-0.05, 0) is 19.4 Å². The Hall–Kier alpha value is -1.69. The van der Waals surface area contributed by atoms with Gasteiger partial charge in [-0.1, -0.05) is 12.2 Å². The van der Waals surface area contributed by atoms with Crippen LogP contribution in [0, 0.1) is 17.2 Å². The van der Waals surface area contributed by atoms with Crippen molar-refractivity contribution in [3.05, 3.63) is 23.4 Å². The fourth-order valence-electron chi connectivity index (χ4n) is 1.14. The number of rotatable bonds is 1. The monoisotopic (exact) mass is 174 g/mol. The molecule has 0 N–H and O–H groups in total. The van der Waals surface area contributed by atoms with E-state index in [1.54, 1.807) is 25.3 Å². The van der Waals surface area contributed by atoms with Gasteiger partial charge in [0.15, 0.2) is 0 Å². The first-order valence-electron chi connectivity index (χ1n) is 4.02. The molecular formula is C10H10N2O. The highest BCUT2D eigenvalue weighted by Gasteiger charge is 2.23. The third kappa shape index (κ3) is 1.73. The van der Waals surface area contributed by atoms with Gasteiger partial charge in [-0.3, -0.25) is 9.79 Å². The van der Waals surface area contributed by atoms with Crippen molar-refractivity contribution in [3.8, 4) is 6.07 Å². The molecule has 0 saturated carbocycles. The molecule has 1 aliphatic rings. The molecule has 0 aromatic rings. The molecule has 1 unspecified atom stereocenters. The van der Waals surface area contributed by atoms with E-state index in [2.05, 4.69) is 4.99 Å². The summed E-state index contributed by atoms with van der Waals surface area (Å²) in [5.41, 5.74) is 1.21. The van der Waals surface area contributed by atoms with Crippen LogP contribution in [-0.2, 0) is 4.79 Å². The highest BCUT2D eigenvalue weighted by molar-refractivity contribution is 6.02. The van der Waals surface area contributed by atoms with Crippen molar-refractivity contribution < 1.29 is 4.79 Å². The summed E-state index contributed by atoms with van der Waals surface area (Å²) < 4.78 is 0. The molecule has 1 atom stereocenters. The minimum Gasteiger partial charge on any atom is -0.291 e. The first-order valence-corrected chi connectivity index (χ1v) is 4.02. The van der Waals surface area contributed by atoms with Gasteiger partial charge in [0, 0.05) is 6.21 Å². The molecule has 0 fully saturated rings. The van der Waals surface area contributed by atoms with Crippen molar-refractivity contribution in [2.45, 2.75) is 13.8 Å². The van der Waals surface area contributed by atoms with Crippen molar-refractivity contribution in [2.24, 2.45) is 10.9 Å². The number of carbonyl (C=O) groups excluding carboxylic acids is 1. The van der Waals surface area contributed by atoms with E-state index in [1.165, 1.54) is 0 Å². The Morgan fingerprint density at radius 1 is 1.69 bits per heavy atom. The second kappa shape index (κ2) is 3.81. The average molecular weight is 174 g/mol. The van der Waals surface area contributed by atoms with Gasteiger partial charge >= 0.3 is 0 Å². The predicted molar refractivity (Wildman–Crippen MR) is 50.1 cm³/mol. The number of aliphatic imine (C=N–C) groups is 1. The van der Waals surface area contributed by atoms with E-state index in [1.807, 2.05) is 13.0 Å². The molecular weight excluding hydrogens is 164 g/mol. The lowest BCUT2D eigenvalue weighted by Gasteiger charge is -2.10. The van der Waals surface area contributed by atoms with Crippen molar-refractivity contribution >= 4 is 12.0 Å². The summed E-state index contributed by atoms with van der Waals surface area (Å²) in [7, 11) is 0. The van der Waals surface area contributed by atoms with Crippen LogP contribution in [0.3, 0.4) is 0 Å². The zero-order valence-corrected chi connectivity index (χ0v) is 7.61. The summed E-state index contributed by atoms with van der Waals surface area (Å²) in [5, 5.41) is 8.64. The van der Waals surface area contributed by atoms with Crippen LogP contribution < -0.4 is 0 Å². The standard InChI is InChI=1S/C10H10N2O/c1-3-12-9-7(2)4-5-8(6-11)10(9)13/h3-5,8H,1-2H3. The minimum atomic E-state index is -0.664. The fourth-order valence-corrected chi connectivity index (χ4v) is 1.14. The second-order valence-electron chi connectivity index (χ2n) is 2.75. The SMILES string of the molecule is CC=NC1=C(C)C=CC(C#N)C1=O. The lowest BCUT2D eigenvalue weighted by atomic mass is 9.94. The van der Waals surface area contributed by atoms with E-state index in [4.69, 9.17) is 5.26 Å². The van der Waals surface area contributed by atoms with Crippen molar-refractivity contribution in [1.29, 1.82) is 5.26 Å². The normalized spacial score (nSPS) is 22.5. The average Bonchev–Trinajstić information content (AvgIpc) is 2.12. The van der Waals surface area contributed by atoms with E-state index in [0.717, 1.165) is 5.57 Å². The lowest BCUT2D eigenvalue weighted by Crippen LogP contribution is -2.16. The van der Waals surface area contributed by atoms with E-state index >= 15 is 0 Å². The largest absolute Gasteiger partial charge is 0.291 e. The fraction of sp³-hybridized carbons (Fsp3) is 0.300. The molecule has 3 heteroatoms. The Balaban J connectivity index is 3.09. The quantitative estimate of drug-likeness (QED) is 0.567. The summed E-state index contributed by atoms with van der Waals surface area (Å²) in [6.07, 6.45) is 4.92. The first kappa shape index (κ1) is 9.40. The van der Waals surface area contributed by atoms with Gasteiger partial charge in [0.25, 0.3) is 0 Å². The zero-order valence-electron chi connectivity index (χ0n) is 7.61. The molecule has 0 aromatic carbocycles. The van der Waals surface area contributed by atoms with Crippen LogP contribution in [0.5, 0.6) is 0 Å². The third-order valence-electron chi connectivity index (χ3n) is 1.83. The topological polar surface area (TPSA) is 53.2 Å². The van der Waals surface area contributed by atoms with Crippen LogP contribution in [0.15, 0.2) is 28.4 Å². The van der Waals surface area contributed by atoms with Crippen molar-refractivity contribution in [1.82, 2.24) is 0 Å². The van der Waals surface area contributed by atoms with Gasteiger partial charge in [-0.15, -0.1) is 0 Å². The molecule has 0 saturated heterocycles. The third-order valence-corrected chi connectivity index (χ3v) is 1.83. The van der Waals surface area contributed by atoms with Gasteiger partial charge in [-0.2, -0.15) is 5.26 Å². The number of carbonyl (C=O) groups is 1. The van der Waals surface area contributed by atoms with Crippen molar-refractivity contribution in [2.75, 3.05) is 0 Å². The Morgan fingerprint density at radius 2 is 2.38 bits per heavy atom. The number of hydrogen-bond donors (Lipinski definition) is 0. The molecule has 3 nitrogen and oxygen atoms in total. The summed E-state index contributed by atoms with van der Waals surface area (Å²) in [4.78, 5) is 15.5. The number of ketones is 1. The van der Waals surface area contributed by atoms with E-state index in [9.17, 15) is 4.79 Å². The molecule has 0 bridgehead atoms. The Bertz CT molecular complexity index is 356. The Morgan fingerprint density at radius 3 is 2.92 bits per heavy atom. The smallest absolute Gasteiger partial charge is 0.202 e. The highest BCUT2D eigenvalue weighted by Crippen LogP contribution is 2.20. The molecule has 0 aliphatic heterocycles. The number of nitrogens with zero attached hydrogens (tertiary/aromatic N) is 2. The summed E-state index contributed by atoms with van der Waals surface area (Å²) in [6, 6.07) is 1.92. The highest BCUT2D eigenvalue weighted by atomic mass is 16.1. The van der Waals surface area contributed by atoms with Gasteiger partial charge in [-0.25, -0.2) is 0 Å². The van der Waals surface area contributed by atoms with Crippen molar-refractivity contribution in [3.63, 3.8) is 0 Å².